The average Bonchev–Trinajstić information content (AvgIpc) is 2.99. The average molecular weight is 369 g/mol. The predicted molar refractivity (Wildman–Crippen MR) is 101 cm³/mol. The van der Waals surface area contributed by atoms with Crippen LogP contribution in [0.25, 0.3) is 28.1 Å². The summed E-state index contributed by atoms with van der Waals surface area (Å²) in [6, 6.07) is 9.15. The van der Waals surface area contributed by atoms with Crippen molar-refractivity contribution in [2.24, 2.45) is 0 Å². The number of halogens is 1. The molecule has 0 spiro atoms. The van der Waals surface area contributed by atoms with Gasteiger partial charge < -0.3 is 9.47 Å². The summed E-state index contributed by atoms with van der Waals surface area (Å²) < 4.78 is 12.8. The van der Waals surface area contributed by atoms with Gasteiger partial charge in [-0.2, -0.15) is 4.98 Å². The summed E-state index contributed by atoms with van der Waals surface area (Å²) >= 11 is 6.24. The Morgan fingerprint density at radius 3 is 2.42 bits per heavy atom. The van der Waals surface area contributed by atoms with Crippen LogP contribution >= 0.6 is 11.6 Å². The molecule has 7 heteroatoms. The molecule has 0 saturated heterocycles. The number of methoxy groups -OCH3 is 2. The molecule has 0 atom stereocenters. The van der Waals surface area contributed by atoms with Crippen molar-refractivity contribution >= 4 is 28.3 Å². The van der Waals surface area contributed by atoms with Crippen molar-refractivity contribution in [3.8, 4) is 23.0 Å². The third-order valence-corrected chi connectivity index (χ3v) is 4.57. The van der Waals surface area contributed by atoms with E-state index >= 15 is 0 Å². The minimum absolute atomic E-state index is 0.514. The second kappa shape index (κ2) is 6.14. The van der Waals surface area contributed by atoms with Crippen molar-refractivity contribution < 1.29 is 9.47 Å². The monoisotopic (exact) mass is 368 g/mol. The summed E-state index contributed by atoms with van der Waals surface area (Å²) in [6.07, 6.45) is 0. The van der Waals surface area contributed by atoms with E-state index in [-0.39, 0.29) is 0 Å². The minimum Gasteiger partial charge on any atom is -0.496 e. The molecule has 132 valence electrons. The number of imidazole rings is 1. The van der Waals surface area contributed by atoms with Crippen molar-refractivity contribution in [3.05, 3.63) is 46.7 Å². The molecule has 0 aliphatic heterocycles. The topological polar surface area (TPSA) is 61.5 Å². The fourth-order valence-corrected chi connectivity index (χ4v) is 3.39. The maximum atomic E-state index is 6.24. The highest BCUT2D eigenvalue weighted by molar-refractivity contribution is 6.31. The first-order chi connectivity index (χ1) is 12.5. The van der Waals surface area contributed by atoms with E-state index in [0.717, 1.165) is 28.0 Å². The maximum absolute atomic E-state index is 6.24. The smallest absolute Gasteiger partial charge is 0.215 e. The zero-order valence-electron chi connectivity index (χ0n) is 14.9. The van der Waals surface area contributed by atoms with Crippen LogP contribution in [0, 0.1) is 13.8 Å². The predicted octanol–water partition coefficient (Wildman–Crippen LogP) is 4.23. The van der Waals surface area contributed by atoms with E-state index in [0.29, 0.717) is 28.1 Å². The lowest BCUT2D eigenvalue weighted by Crippen LogP contribution is -2.01. The summed E-state index contributed by atoms with van der Waals surface area (Å²) in [5.74, 6) is 1.90. The van der Waals surface area contributed by atoms with Gasteiger partial charge in [0.05, 0.1) is 36.7 Å². The third kappa shape index (κ3) is 2.45. The highest BCUT2D eigenvalue weighted by Gasteiger charge is 2.20. The molecule has 4 rings (SSSR count). The Labute approximate surface area is 155 Å². The van der Waals surface area contributed by atoms with Crippen molar-refractivity contribution in [2.75, 3.05) is 14.2 Å². The fourth-order valence-electron chi connectivity index (χ4n) is 3.22. The molecule has 26 heavy (non-hydrogen) atoms. The molecule has 0 unspecified atom stereocenters. The van der Waals surface area contributed by atoms with Crippen LogP contribution in [0.5, 0.6) is 11.6 Å². The molecule has 0 N–H and O–H groups in total. The first-order valence-corrected chi connectivity index (χ1v) is 8.45. The van der Waals surface area contributed by atoms with Gasteiger partial charge in [-0.1, -0.05) is 11.6 Å². The van der Waals surface area contributed by atoms with Crippen LogP contribution in [0.2, 0.25) is 5.02 Å². The van der Waals surface area contributed by atoms with Gasteiger partial charge in [-0.25, -0.2) is 9.97 Å². The maximum Gasteiger partial charge on any atom is 0.215 e. The Balaban J connectivity index is 2.19. The molecule has 0 saturated carbocycles. The molecule has 1 aromatic carbocycles. The van der Waals surface area contributed by atoms with Gasteiger partial charge in [0.15, 0.2) is 5.65 Å². The molecule has 4 aromatic rings. The standard InChI is InChI=1S/C19H17ClN4O2/c1-10-17-11(2)22-18(13-9-12(20)5-7-15(13)25-3)24(17)19-14(21-10)6-8-16(23-19)26-4/h5-9H,1-4H3. The summed E-state index contributed by atoms with van der Waals surface area (Å²) in [6.45, 7) is 3.92. The lowest BCUT2D eigenvalue weighted by Gasteiger charge is -2.11. The number of aryl methyl sites for hydroxylation is 2. The van der Waals surface area contributed by atoms with Crippen LogP contribution in [0.3, 0.4) is 0 Å². The first-order valence-electron chi connectivity index (χ1n) is 8.07. The lowest BCUT2D eigenvalue weighted by atomic mass is 10.2. The summed E-state index contributed by atoms with van der Waals surface area (Å²) in [5.41, 5.74) is 4.87. The molecule has 3 heterocycles. The largest absolute Gasteiger partial charge is 0.496 e. The molecule has 0 amide bonds. The van der Waals surface area contributed by atoms with Gasteiger partial charge in [0.1, 0.15) is 17.1 Å². The van der Waals surface area contributed by atoms with Crippen LogP contribution in [-0.2, 0) is 0 Å². The van der Waals surface area contributed by atoms with Crippen molar-refractivity contribution in [2.45, 2.75) is 13.8 Å². The first kappa shape index (κ1) is 16.6. The molecular weight excluding hydrogens is 352 g/mol. The zero-order chi connectivity index (χ0) is 18.4. The summed E-state index contributed by atoms with van der Waals surface area (Å²) in [4.78, 5) is 14.1. The number of hydrogen-bond acceptors (Lipinski definition) is 5. The van der Waals surface area contributed by atoms with Gasteiger partial charge in [0.25, 0.3) is 0 Å². The highest BCUT2D eigenvalue weighted by Crippen LogP contribution is 2.35. The SMILES string of the molecule is COc1ccc2nc(C)c3c(C)nc(-c4cc(Cl)ccc4OC)n3c2n1. The molecule has 0 aliphatic rings. The van der Waals surface area contributed by atoms with Gasteiger partial charge in [0.2, 0.25) is 5.88 Å². The van der Waals surface area contributed by atoms with Gasteiger partial charge >= 0.3 is 0 Å². The van der Waals surface area contributed by atoms with Crippen molar-refractivity contribution in [1.82, 2.24) is 19.4 Å². The lowest BCUT2D eigenvalue weighted by molar-refractivity contribution is 0.399. The van der Waals surface area contributed by atoms with E-state index in [1.807, 2.05) is 36.4 Å². The molecule has 0 aliphatic carbocycles. The van der Waals surface area contributed by atoms with Crippen LogP contribution < -0.4 is 9.47 Å². The zero-order valence-corrected chi connectivity index (χ0v) is 15.6. The molecule has 6 nitrogen and oxygen atoms in total. The highest BCUT2D eigenvalue weighted by atomic mass is 35.5. The van der Waals surface area contributed by atoms with Crippen LogP contribution in [0.1, 0.15) is 11.4 Å². The Hall–Kier alpha value is -2.86. The van der Waals surface area contributed by atoms with E-state index < -0.39 is 0 Å². The number of ether oxygens (including phenoxy) is 2. The van der Waals surface area contributed by atoms with Gasteiger partial charge in [-0.05, 0) is 38.1 Å². The Bertz CT molecular complexity index is 1150. The molecular formula is C19H17ClN4O2. The molecule has 0 fully saturated rings. The quantitative estimate of drug-likeness (QED) is 0.541. The van der Waals surface area contributed by atoms with E-state index in [1.54, 1.807) is 26.4 Å². The van der Waals surface area contributed by atoms with E-state index in [1.165, 1.54) is 0 Å². The summed E-state index contributed by atoms with van der Waals surface area (Å²) in [5, 5.41) is 0.607. The van der Waals surface area contributed by atoms with Crippen LogP contribution in [0.15, 0.2) is 30.3 Å². The Morgan fingerprint density at radius 2 is 1.69 bits per heavy atom. The number of pyridine rings is 1. The molecule has 3 aromatic heterocycles. The number of aromatic nitrogens is 4. The Kier molecular flexibility index (Phi) is 3.92. The van der Waals surface area contributed by atoms with E-state index in [9.17, 15) is 0 Å². The van der Waals surface area contributed by atoms with Crippen molar-refractivity contribution in [3.63, 3.8) is 0 Å². The van der Waals surface area contributed by atoms with Crippen LogP contribution in [-0.4, -0.2) is 33.6 Å². The van der Waals surface area contributed by atoms with Crippen LogP contribution in [0.4, 0.5) is 0 Å². The van der Waals surface area contributed by atoms with E-state index in [2.05, 4.69) is 9.97 Å². The minimum atomic E-state index is 0.514. The van der Waals surface area contributed by atoms with Gasteiger partial charge in [0, 0.05) is 11.1 Å². The van der Waals surface area contributed by atoms with Gasteiger partial charge in [-0.3, -0.25) is 4.40 Å². The molecule has 0 bridgehead atoms. The van der Waals surface area contributed by atoms with E-state index in [4.69, 9.17) is 26.1 Å². The normalized spacial score (nSPS) is 11.3. The summed E-state index contributed by atoms with van der Waals surface area (Å²) in [7, 11) is 3.22. The third-order valence-electron chi connectivity index (χ3n) is 4.33. The molecule has 0 radical (unpaired) electrons. The fraction of sp³-hybridized carbons (Fsp3) is 0.211. The second-order valence-electron chi connectivity index (χ2n) is 5.94. The number of rotatable bonds is 3. The Morgan fingerprint density at radius 1 is 0.923 bits per heavy atom. The number of benzene rings is 1. The van der Waals surface area contributed by atoms with Gasteiger partial charge in [-0.15, -0.1) is 0 Å². The number of hydrogen-bond donors (Lipinski definition) is 0. The number of nitrogens with zero attached hydrogens (tertiary/aromatic N) is 4. The van der Waals surface area contributed by atoms with Crippen molar-refractivity contribution in [1.29, 1.82) is 0 Å². The second-order valence-corrected chi connectivity index (χ2v) is 6.38. The number of fused-ring (bicyclic) bond motifs is 3.